The van der Waals surface area contributed by atoms with Crippen LogP contribution in [-0.2, 0) is 4.79 Å². The van der Waals surface area contributed by atoms with Gasteiger partial charge in [0.15, 0.2) is 11.5 Å². The molecule has 0 spiro atoms. The fourth-order valence-corrected chi connectivity index (χ4v) is 3.24. The number of amides is 1. The first-order valence-electron chi connectivity index (χ1n) is 8.83. The minimum atomic E-state index is -0.968. The molecule has 2 rings (SSSR count). The smallest absolute Gasteiger partial charge is 0.229 e. The summed E-state index contributed by atoms with van der Waals surface area (Å²) in [5, 5.41) is 3.00. The maximum Gasteiger partial charge on any atom is 0.229 e. The third-order valence-corrected chi connectivity index (χ3v) is 5.60. The van der Waals surface area contributed by atoms with Crippen LogP contribution in [0.3, 0.4) is 0 Å². The van der Waals surface area contributed by atoms with Crippen molar-refractivity contribution < 1.29 is 14.3 Å². The molecule has 1 aromatic rings. The van der Waals surface area contributed by atoms with Crippen molar-refractivity contribution in [1.29, 1.82) is 0 Å². The Bertz CT molecular complexity index is 621. The fraction of sp³-hybridized carbons (Fsp3) is 0.632. The zero-order valence-corrected chi connectivity index (χ0v) is 16.8. The molecule has 140 valence electrons. The minimum Gasteiger partial charge on any atom is -0.490 e. The van der Waals surface area contributed by atoms with Gasteiger partial charge in [0.25, 0.3) is 0 Å². The van der Waals surface area contributed by atoms with Crippen LogP contribution in [0, 0.1) is 5.41 Å². The number of nitrogens with one attached hydrogen (secondary N) is 1. The lowest BCUT2D eigenvalue weighted by molar-refractivity contribution is -0.126. The summed E-state index contributed by atoms with van der Waals surface area (Å²) in [7, 11) is 0. The van der Waals surface area contributed by atoms with E-state index < -0.39 is 9.75 Å². The Labute approximate surface area is 160 Å². The summed E-state index contributed by atoms with van der Waals surface area (Å²) in [6.07, 6.45) is 2.31. The summed E-state index contributed by atoms with van der Waals surface area (Å²) in [6.45, 7) is 9.09. The van der Waals surface area contributed by atoms with Gasteiger partial charge in [-0.1, -0.05) is 19.9 Å². The second-order valence-corrected chi connectivity index (χ2v) is 8.30. The Hall–Kier alpha value is -1.13. The second kappa shape index (κ2) is 8.05. The third kappa shape index (κ3) is 4.53. The lowest BCUT2D eigenvalue weighted by Gasteiger charge is -2.20. The molecule has 1 aliphatic carbocycles. The van der Waals surface area contributed by atoms with Gasteiger partial charge in [0.1, 0.15) is 4.33 Å². The lowest BCUT2D eigenvalue weighted by Crippen LogP contribution is -2.35. The van der Waals surface area contributed by atoms with Crippen LogP contribution in [0.5, 0.6) is 11.5 Å². The number of carbonyl (C=O) groups is 1. The molecule has 1 amide bonds. The summed E-state index contributed by atoms with van der Waals surface area (Å²) in [5.74, 6) is 1.30. The van der Waals surface area contributed by atoms with Crippen molar-refractivity contribution in [2.45, 2.75) is 57.3 Å². The van der Waals surface area contributed by atoms with Crippen LogP contribution in [0.1, 0.15) is 58.6 Å². The molecule has 0 bridgehead atoms. The lowest BCUT2D eigenvalue weighted by atomic mass is 10.0. The Morgan fingerprint density at radius 2 is 1.76 bits per heavy atom. The topological polar surface area (TPSA) is 47.6 Å². The van der Waals surface area contributed by atoms with E-state index in [2.05, 4.69) is 19.2 Å². The number of ether oxygens (including phenoxy) is 2. The number of hydrogen-bond acceptors (Lipinski definition) is 3. The number of carbonyl (C=O) groups excluding carboxylic acids is 1. The Balaban J connectivity index is 2.10. The molecule has 0 aliphatic heterocycles. The molecular weight excluding hydrogens is 361 g/mol. The maximum absolute atomic E-state index is 12.5. The summed E-state index contributed by atoms with van der Waals surface area (Å²) < 4.78 is 10.6. The molecule has 1 aromatic carbocycles. The van der Waals surface area contributed by atoms with Crippen LogP contribution in [0.25, 0.3) is 0 Å². The first-order valence-corrected chi connectivity index (χ1v) is 9.59. The molecule has 0 aromatic heterocycles. The Kier molecular flexibility index (Phi) is 6.50. The van der Waals surface area contributed by atoms with Crippen molar-refractivity contribution >= 4 is 29.1 Å². The normalized spacial score (nSPS) is 22.2. The maximum atomic E-state index is 12.5. The van der Waals surface area contributed by atoms with Gasteiger partial charge >= 0.3 is 0 Å². The average Bonchev–Trinajstić information content (AvgIpc) is 3.10. The minimum absolute atomic E-state index is 0.132. The highest BCUT2D eigenvalue weighted by Crippen LogP contribution is 2.63. The van der Waals surface area contributed by atoms with Crippen molar-refractivity contribution in [3.05, 3.63) is 23.8 Å². The van der Waals surface area contributed by atoms with E-state index in [1.54, 1.807) is 6.92 Å². The summed E-state index contributed by atoms with van der Waals surface area (Å²) in [6, 6.07) is 5.58. The average molecular weight is 388 g/mol. The number of rotatable bonds is 9. The van der Waals surface area contributed by atoms with Crippen molar-refractivity contribution in [2.24, 2.45) is 5.41 Å². The summed E-state index contributed by atoms with van der Waals surface area (Å²) >= 11 is 12.2. The van der Waals surface area contributed by atoms with Gasteiger partial charge in [0.2, 0.25) is 5.91 Å². The van der Waals surface area contributed by atoms with Gasteiger partial charge in [-0.25, -0.2) is 0 Å². The third-order valence-electron chi connectivity index (χ3n) is 4.50. The van der Waals surface area contributed by atoms with Gasteiger partial charge in [-0.3, -0.25) is 4.79 Å². The van der Waals surface area contributed by atoms with E-state index in [9.17, 15) is 4.79 Å². The molecule has 2 atom stereocenters. The summed E-state index contributed by atoms with van der Waals surface area (Å²) in [4.78, 5) is 12.5. The highest BCUT2D eigenvalue weighted by atomic mass is 35.5. The van der Waals surface area contributed by atoms with Crippen molar-refractivity contribution in [3.63, 3.8) is 0 Å². The van der Waals surface area contributed by atoms with E-state index in [0.717, 1.165) is 24.2 Å². The molecule has 1 fully saturated rings. The van der Waals surface area contributed by atoms with Gasteiger partial charge in [-0.2, -0.15) is 0 Å². The van der Waals surface area contributed by atoms with E-state index in [0.29, 0.717) is 25.4 Å². The van der Waals surface area contributed by atoms with Crippen molar-refractivity contribution in [3.8, 4) is 11.5 Å². The predicted octanol–water partition coefficient (Wildman–Crippen LogP) is 5.03. The number of benzene rings is 1. The highest BCUT2D eigenvalue weighted by Gasteiger charge is 2.67. The zero-order valence-electron chi connectivity index (χ0n) is 15.3. The molecule has 0 unspecified atom stereocenters. The number of hydrogen-bond donors (Lipinski definition) is 1. The molecule has 0 saturated heterocycles. The van der Waals surface area contributed by atoms with Crippen molar-refractivity contribution in [1.82, 2.24) is 5.32 Å². The molecule has 25 heavy (non-hydrogen) atoms. The van der Waals surface area contributed by atoms with Gasteiger partial charge in [-0.05, 0) is 50.8 Å². The molecule has 1 saturated carbocycles. The van der Waals surface area contributed by atoms with Crippen LogP contribution in [0.15, 0.2) is 18.2 Å². The van der Waals surface area contributed by atoms with Crippen LogP contribution >= 0.6 is 23.2 Å². The molecule has 1 N–H and O–H groups in total. The SMILES string of the molecule is CCCOc1ccc([C@H](C)NC(=O)[C@@]2(C)CC2(Cl)Cl)cc1OCCC. The van der Waals surface area contributed by atoms with Gasteiger partial charge in [0.05, 0.1) is 24.7 Å². The molecule has 1 aliphatic rings. The quantitative estimate of drug-likeness (QED) is 0.604. The first kappa shape index (κ1) is 20.2. The standard InChI is InChI=1S/C19H27Cl2NO3/c1-5-9-24-15-8-7-14(11-16(15)25-10-6-2)13(3)22-17(23)18(4)12-19(18,20)21/h7-8,11,13H,5-6,9-10,12H2,1-4H3,(H,22,23)/t13-,18+/m0/s1. The number of halogens is 2. The van der Waals surface area contributed by atoms with Gasteiger partial charge in [0, 0.05) is 0 Å². The number of alkyl halides is 2. The Morgan fingerprint density at radius 3 is 2.28 bits per heavy atom. The molecule has 0 heterocycles. The van der Waals surface area contributed by atoms with E-state index in [1.807, 2.05) is 25.1 Å². The van der Waals surface area contributed by atoms with Crippen LogP contribution < -0.4 is 14.8 Å². The molecule has 0 radical (unpaired) electrons. The Morgan fingerprint density at radius 1 is 1.20 bits per heavy atom. The van der Waals surface area contributed by atoms with Gasteiger partial charge in [-0.15, -0.1) is 23.2 Å². The van der Waals surface area contributed by atoms with E-state index in [4.69, 9.17) is 32.7 Å². The van der Waals surface area contributed by atoms with Crippen LogP contribution in [0.4, 0.5) is 0 Å². The van der Waals surface area contributed by atoms with E-state index in [-0.39, 0.29) is 11.9 Å². The molecule has 4 nitrogen and oxygen atoms in total. The first-order chi connectivity index (χ1) is 11.7. The van der Waals surface area contributed by atoms with Gasteiger partial charge < -0.3 is 14.8 Å². The second-order valence-electron chi connectivity index (χ2n) is 6.81. The fourth-order valence-electron chi connectivity index (χ4n) is 2.54. The predicted molar refractivity (Wildman–Crippen MR) is 102 cm³/mol. The van der Waals surface area contributed by atoms with Crippen LogP contribution in [-0.4, -0.2) is 23.5 Å². The van der Waals surface area contributed by atoms with E-state index in [1.165, 1.54) is 0 Å². The monoisotopic (exact) mass is 387 g/mol. The summed E-state index contributed by atoms with van der Waals surface area (Å²) in [5.41, 5.74) is 0.220. The zero-order chi connectivity index (χ0) is 18.7. The molecule has 6 heteroatoms. The van der Waals surface area contributed by atoms with Crippen molar-refractivity contribution in [2.75, 3.05) is 13.2 Å². The van der Waals surface area contributed by atoms with Crippen LogP contribution in [0.2, 0.25) is 0 Å². The highest BCUT2D eigenvalue weighted by molar-refractivity contribution is 6.53. The largest absolute Gasteiger partial charge is 0.490 e. The molecular formula is C19H27Cl2NO3. The van der Waals surface area contributed by atoms with E-state index >= 15 is 0 Å².